The number of aliphatic hydroxyl groups excluding tert-OH is 1. The first-order valence-corrected chi connectivity index (χ1v) is 10.4. The Labute approximate surface area is 155 Å². The van der Waals surface area contributed by atoms with Gasteiger partial charge in [0.05, 0.1) is 17.1 Å². The van der Waals surface area contributed by atoms with Gasteiger partial charge in [-0.2, -0.15) is 0 Å². The number of carbonyl (C=O) groups excluding carboxylic acids is 1. The Hall–Kier alpha value is -1.33. The summed E-state index contributed by atoms with van der Waals surface area (Å²) in [5.41, 5.74) is 1.75. The van der Waals surface area contributed by atoms with Crippen molar-refractivity contribution in [2.24, 2.45) is 0 Å². The monoisotopic (exact) mass is 362 g/mol. The third-order valence-corrected chi connectivity index (χ3v) is 5.33. The summed E-state index contributed by atoms with van der Waals surface area (Å²) >= 11 is 1.39. The molecule has 25 heavy (non-hydrogen) atoms. The Balaban J connectivity index is 1.50. The Morgan fingerprint density at radius 3 is 2.44 bits per heavy atom. The molecule has 0 amide bonds. The molecule has 2 rings (SSSR count). The van der Waals surface area contributed by atoms with Crippen molar-refractivity contribution >= 4 is 28.0 Å². The second-order valence-electron chi connectivity index (χ2n) is 6.68. The summed E-state index contributed by atoms with van der Waals surface area (Å²) in [5, 5.41) is 9.26. The van der Waals surface area contributed by atoms with Gasteiger partial charge in [-0.25, -0.2) is 4.98 Å². The minimum atomic E-state index is -0.152. The molecule has 0 aliphatic rings. The van der Waals surface area contributed by atoms with E-state index in [9.17, 15) is 9.90 Å². The van der Waals surface area contributed by atoms with Gasteiger partial charge in [0.1, 0.15) is 6.33 Å². The van der Waals surface area contributed by atoms with Crippen molar-refractivity contribution in [3.05, 3.63) is 30.6 Å². The highest BCUT2D eigenvalue weighted by atomic mass is 32.2. The average molecular weight is 363 g/mol. The van der Waals surface area contributed by atoms with Gasteiger partial charge in [0.15, 0.2) is 0 Å². The van der Waals surface area contributed by atoms with E-state index in [1.54, 1.807) is 10.9 Å². The summed E-state index contributed by atoms with van der Waals surface area (Å²) in [4.78, 5) is 16.5. The smallest absolute Gasteiger partial charge is 0.291 e. The van der Waals surface area contributed by atoms with Gasteiger partial charge in [-0.15, -0.1) is 0 Å². The number of para-hydroxylation sites is 2. The molecule has 0 spiro atoms. The molecule has 138 valence electrons. The average Bonchev–Trinajstić information content (AvgIpc) is 3.03. The van der Waals surface area contributed by atoms with E-state index in [2.05, 4.69) is 4.98 Å². The van der Waals surface area contributed by atoms with Crippen LogP contribution in [0.2, 0.25) is 0 Å². The van der Waals surface area contributed by atoms with E-state index in [0.717, 1.165) is 36.0 Å². The highest BCUT2D eigenvalue weighted by molar-refractivity contribution is 8.13. The lowest BCUT2D eigenvalue weighted by molar-refractivity contribution is 0.180. The zero-order valence-corrected chi connectivity index (χ0v) is 16.0. The van der Waals surface area contributed by atoms with E-state index < -0.39 is 0 Å². The quantitative estimate of drug-likeness (QED) is 0.526. The van der Waals surface area contributed by atoms with Crippen molar-refractivity contribution in [2.45, 2.75) is 70.8 Å². The van der Waals surface area contributed by atoms with Crippen LogP contribution < -0.4 is 0 Å². The minimum Gasteiger partial charge on any atom is -0.393 e. The summed E-state index contributed by atoms with van der Waals surface area (Å²) in [5.74, 6) is 0.875. The lowest BCUT2D eigenvalue weighted by atomic mass is 10.1. The number of aliphatic hydroxyl groups is 1. The van der Waals surface area contributed by atoms with Crippen molar-refractivity contribution < 1.29 is 9.90 Å². The lowest BCUT2D eigenvalue weighted by Crippen LogP contribution is -2.04. The number of imidazole rings is 1. The molecule has 1 atom stereocenters. The molecule has 2 aromatic rings. The second kappa shape index (κ2) is 11.3. The normalized spacial score (nSPS) is 12.6. The predicted octanol–water partition coefficient (Wildman–Crippen LogP) is 5.63. The van der Waals surface area contributed by atoms with Crippen LogP contribution in [-0.2, 0) is 0 Å². The summed E-state index contributed by atoms with van der Waals surface area (Å²) in [6.45, 7) is 1.86. The summed E-state index contributed by atoms with van der Waals surface area (Å²) in [6.07, 6.45) is 12.1. The first kappa shape index (κ1) is 20.0. The van der Waals surface area contributed by atoms with Crippen molar-refractivity contribution in [2.75, 3.05) is 5.75 Å². The van der Waals surface area contributed by atoms with E-state index in [1.165, 1.54) is 50.3 Å². The first-order valence-electron chi connectivity index (χ1n) is 9.46. The molecule has 1 unspecified atom stereocenters. The van der Waals surface area contributed by atoms with Crippen LogP contribution in [0.15, 0.2) is 30.6 Å². The van der Waals surface area contributed by atoms with Gasteiger partial charge < -0.3 is 5.11 Å². The van der Waals surface area contributed by atoms with Gasteiger partial charge >= 0.3 is 0 Å². The van der Waals surface area contributed by atoms with Crippen LogP contribution in [0.4, 0.5) is 4.79 Å². The number of aromatic nitrogens is 2. The van der Waals surface area contributed by atoms with Crippen LogP contribution in [0, 0.1) is 0 Å². The molecular weight excluding hydrogens is 332 g/mol. The molecular formula is C20H30N2O2S. The van der Waals surface area contributed by atoms with Crippen molar-refractivity contribution in [1.82, 2.24) is 9.55 Å². The van der Waals surface area contributed by atoms with Crippen LogP contribution >= 0.6 is 11.8 Å². The minimum absolute atomic E-state index is 0.0619. The molecule has 4 nitrogen and oxygen atoms in total. The van der Waals surface area contributed by atoms with Crippen molar-refractivity contribution in [3.8, 4) is 0 Å². The van der Waals surface area contributed by atoms with Gasteiger partial charge in [-0.1, -0.05) is 68.8 Å². The number of hydrogen-bond donors (Lipinski definition) is 1. The maximum atomic E-state index is 12.3. The predicted molar refractivity (Wildman–Crippen MR) is 106 cm³/mol. The topological polar surface area (TPSA) is 55.1 Å². The number of benzene rings is 1. The van der Waals surface area contributed by atoms with Crippen LogP contribution in [0.3, 0.4) is 0 Å². The molecule has 1 heterocycles. The largest absolute Gasteiger partial charge is 0.393 e. The summed E-state index contributed by atoms with van der Waals surface area (Å²) < 4.78 is 1.65. The zero-order valence-electron chi connectivity index (χ0n) is 15.2. The Kier molecular flexibility index (Phi) is 9.05. The van der Waals surface area contributed by atoms with E-state index in [-0.39, 0.29) is 11.3 Å². The molecule has 0 fully saturated rings. The fraction of sp³-hybridized carbons (Fsp3) is 0.600. The third-order valence-electron chi connectivity index (χ3n) is 4.39. The fourth-order valence-electron chi connectivity index (χ4n) is 2.94. The van der Waals surface area contributed by atoms with Gasteiger partial charge in [0.2, 0.25) is 0 Å². The summed E-state index contributed by atoms with van der Waals surface area (Å²) in [6, 6.07) is 7.73. The van der Waals surface area contributed by atoms with E-state index in [0.29, 0.717) is 0 Å². The highest BCUT2D eigenvalue weighted by Gasteiger charge is 2.09. The highest BCUT2D eigenvalue weighted by Crippen LogP contribution is 2.18. The number of unbranched alkanes of at least 4 members (excludes halogenated alkanes) is 7. The molecule has 0 aliphatic heterocycles. The molecule has 5 heteroatoms. The third kappa shape index (κ3) is 7.20. The number of nitrogens with zero attached hydrogens (tertiary/aromatic N) is 2. The zero-order chi connectivity index (χ0) is 17.9. The molecule has 1 N–H and O–H groups in total. The maximum Gasteiger partial charge on any atom is 0.291 e. The second-order valence-corrected chi connectivity index (χ2v) is 7.73. The Morgan fingerprint density at radius 2 is 1.72 bits per heavy atom. The van der Waals surface area contributed by atoms with Crippen LogP contribution in [0.1, 0.15) is 64.7 Å². The number of fused-ring (bicyclic) bond motifs is 1. The van der Waals surface area contributed by atoms with Gasteiger partial charge in [0.25, 0.3) is 5.24 Å². The summed E-state index contributed by atoms with van der Waals surface area (Å²) in [7, 11) is 0. The SMILES string of the molecule is CC(O)CCCCCCCCCCSC(=O)n1cnc2ccccc21. The molecule has 0 bridgehead atoms. The standard InChI is InChI=1S/C20H30N2O2S/c1-17(23)12-8-6-4-2-3-5-7-11-15-25-20(24)22-16-21-18-13-9-10-14-19(18)22/h9-10,13-14,16-17,23H,2-8,11-12,15H2,1H3. The fourth-order valence-corrected chi connectivity index (χ4v) is 3.74. The van der Waals surface area contributed by atoms with Gasteiger partial charge in [-0.05, 0) is 31.9 Å². The Bertz CT molecular complexity index is 639. The van der Waals surface area contributed by atoms with E-state index in [1.807, 2.05) is 31.2 Å². The molecule has 1 aromatic carbocycles. The number of rotatable bonds is 11. The first-order chi connectivity index (χ1) is 12.2. The molecule has 0 saturated heterocycles. The maximum absolute atomic E-state index is 12.3. The van der Waals surface area contributed by atoms with Crippen LogP contribution in [0.5, 0.6) is 0 Å². The van der Waals surface area contributed by atoms with Crippen molar-refractivity contribution in [3.63, 3.8) is 0 Å². The number of carbonyl (C=O) groups is 1. The van der Waals surface area contributed by atoms with Crippen LogP contribution in [0.25, 0.3) is 11.0 Å². The van der Waals surface area contributed by atoms with Gasteiger partial charge in [-0.3, -0.25) is 9.36 Å². The molecule has 0 aliphatic carbocycles. The van der Waals surface area contributed by atoms with Crippen molar-refractivity contribution in [1.29, 1.82) is 0 Å². The Morgan fingerprint density at radius 1 is 1.08 bits per heavy atom. The molecule has 1 aromatic heterocycles. The lowest BCUT2D eigenvalue weighted by Gasteiger charge is -2.05. The van der Waals surface area contributed by atoms with E-state index in [4.69, 9.17) is 0 Å². The molecule has 0 saturated carbocycles. The number of thioether (sulfide) groups is 1. The number of hydrogen-bond acceptors (Lipinski definition) is 4. The van der Waals surface area contributed by atoms with E-state index >= 15 is 0 Å². The molecule has 0 radical (unpaired) electrons. The van der Waals surface area contributed by atoms with Gasteiger partial charge in [0, 0.05) is 5.75 Å². The van der Waals surface area contributed by atoms with Crippen LogP contribution in [-0.4, -0.2) is 31.8 Å².